The SMILES string of the molecule is CCOc1ccc2c(c1)NC(=O)C(CC(C)(C)C)CC2. The molecule has 1 heterocycles. The predicted molar refractivity (Wildman–Crippen MR) is 82.1 cm³/mol. The molecule has 1 N–H and O–H groups in total. The van der Waals surface area contributed by atoms with Crippen molar-refractivity contribution in [3.8, 4) is 5.75 Å². The zero-order chi connectivity index (χ0) is 14.8. The van der Waals surface area contributed by atoms with Crippen LogP contribution in [0.3, 0.4) is 0 Å². The number of carbonyl (C=O) groups excluding carboxylic acids is 1. The van der Waals surface area contributed by atoms with Crippen LogP contribution in [-0.4, -0.2) is 12.5 Å². The van der Waals surface area contributed by atoms with Gasteiger partial charge in [-0.05, 0) is 43.2 Å². The van der Waals surface area contributed by atoms with Gasteiger partial charge in [0.2, 0.25) is 5.91 Å². The zero-order valence-corrected chi connectivity index (χ0v) is 13.0. The first-order chi connectivity index (χ1) is 9.39. The molecule has 0 saturated heterocycles. The molecule has 3 heteroatoms. The van der Waals surface area contributed by atoms with Crippen molar-refractivity contribution >= 4 is 11.6 Å². The van der Waals surface area contributed by atoms with Crippen LogP contribution in [0.15, 0.2) is 18.2 Å². The minimum absolute atomic E-state index is 0.0953. The minimum atomic E-state index is 0.0953. The monoisotopic (exact) mass is 275 g/mol. The molecule has 0 saturated carbocycles. The molecule has 1 aliphatic heterocycles. The number of rotatable bonds is 3. The number of fused-ring (bicyclic) bond motifs is 1. The molecule has 1 atom stereocenters. The Morgan fingerprint density at radius 1 is 1.35 bits per heavy atom. The lowest BCUT2D eigenvalue weighted by Gasteiger charge is -2.23. The largest absolute Gasteiger partial charge is 0.494 e. The van der Waals surface area contributed by atoms with E-state index in [1.807, 2.05) is 19.1 Å². The number of aryl methyl sites for hydroxylation is 1. The van der Waals surface area contributed by atoms with Gasteiger partial charge in [-0.3, -0.25) is 4.79 Å². The second kappa shape index (κ2) is 5.86. The van der Waals surface area contributed by atoms with Crippen LogP contribution in [-0.2, 0) is 11.2 Å². The molecule has 1 unspecified atom stereocenters. The Labute approximate surface area is 121 Å². The lowest BCUT2D eigenvalue weighted by atomic mass is 9.82. The quantitative estimate of drug-likeness (QED) is 0.904. The van der Waals surface area contributed by atoms with Gasteiger partial charge in [0.15, 0.2) is 0 Å². The number of benzene rings is 1. The molecule has 0 bridgehead atoms. The van der Waals surface area contributed by atoms with Gasteiger partial charge in [-0.2, -0.15) is 0 Å². The number of carbonyl (C=O) groups is 1. The number of hydrogen-bond donors (Lipinski definition) is 1. The summed E-state index contributed by atoms with van der Waals surface area (Å²) in [6, 6.07) is 5.99. The predicted octanol–water partition coefficient (Wildman–Crippen LogP) is 4.02. The van der Waals surface area contributed by atoms with E-state index in [9.17, 15) is 4.79 Å². The first-order valence-corrected chi connectivity index (χ1v) is 7.45. The van der Waals surface area contributed by atoms with Gasteiger partial charge in [0, 0.05) is 17.7 Å². The lowest BCUT2D eigenvalue weighted by molar-refractivity contribution is -0.120. The summed E-state index contributed by atoms with van der Waals surface area (Å²) in [7, 11) is 0. The maximum atomic E-state index is 12.4. The van der Waals surface area contributed by atoms with Gasteiger partial charge in [-0.25, -0.2) is 0 Å². The topological polar surface area (TPSA) is 38.3 Å². The van der Waals surface area contributed by atoms with E-state index in [-0.39, 0.29) is 17.2 Å². The van der Waals surface area contributed by atoms with Gasteiger partial charge in [0.05, 0.1) is 6.61 Å². The van der Waals surface area contributed by atoms with Crippen molar-refractivity contribution in [3.05, 3.63) is 23.8 Å². The minimum Gasteiger partial charge on any atom is -0.494 e. The summed E-state index contributed by atoms with van der Waals surface area (Å²) in [5, 5.41) is 3.07. The van der Waals surface area contributed by atoms with Crippen LogP contribution in [0, 0.1) is 11.3 Å². The van der Waals surface area contributed by atoms with Crippen molar-refractivity contribution in [3.63, 3.8) is 0 Å². The highest BCUT2D eigenvalue weighted by Crippen LogP contribution is 2.33. The summed E-state index contributed by atoms with van der Waals surface area (Å²) in [5.41, 5.74) is 2.30. The molecule has 20 heavy (non-hydrogen) atoms. The third-order valence-electron chi connectivity index (χ3n) is 3.64. The zero-order valence-electron chi connectivity index (χ0n) is 13.0. The number of hydrogen-bond acceptors (Lipinski definition) is 2. The first-order valence-electron chi connectivity index (χ1n) is 7.45. The number of anilines is 1. The highest BCUT2D eigenvalue weighted by atomic mass is 16.5. The van der Waals surface area contributed by atoms with E-state index in [1.165, 1.54) is 5.56 Å². The van der Waals surface area contributed by atoms with Crippen LogP contribution in [0.1, 0.15) is 46.1 Å². The molecule has 3 nitrogen and oxygen atoms in total. The summed E-state index contributed by atoms with van der Waals surface area (Å²) in [6.45, 7) is 9.16. The van der Waals surface area contributed by atoms with Crippen LogP contribution in [0.2, 0.25) is 0 Å². The molecular weight excluding hydrogens is 250 g/mol. The van der Waals surface area contributed by atoms with Gasteiger partial charge in [-0.15, -0.1) is 0 Å². The first kappa shape index (κ1) is 14.9. The summed E-state index contributed by atoms with van der Waals surface area (Å²) in [4.78, 5) is 12.4. The summed E-state index contributed by atoms with van der Waals surface area (Å²) in [6.07, 6.45) is 2.79. The van der Waals surface area contributed by atoms with Gasteiger partial charge >= 0.3 is 0 Å². The van der Waals surface area contributed by atoms with Crippen LogP contribution < -0.4 is 10.1 Å². The second-order valence-electron chi connectivity index (χ2n) is 6.74. The Balaban J connectivity index is 2.16. The third kappa shape index (κ3) is 3.75. The van der Waals surface area contributed by atoms with E-state index in [2.05, 4.69) is 32.2 Å². The molecule has 0 radical (unpaired) electrons. The third-order valence-corrected chi connectivity index (χ3v) is 3.64. The van der Waals surface area contributed by atoms with Gasteiger partial charge in [-0.1, -0.05) is 26.8 Å². The number of ether oxygens (including phenoxy) is 1. The van der Waals surface area contributed by atoms with Crippen LogP contribution in [0.4, 0.5) is 5.69 Å². The van der Waals surface area contributed by atoms with Gasteiger partial charge in [0.1, 0.15) is 5.75 Å². The fraction of sp³-hybridized carbons (Fsp3) is 0.588. The summed E-state index contributed by atoms with van der Waals surface area (Å²) in [5.74, 6) is 1.06. The Morgan fingerprint density at radius 2 is 2.10 bits per heavy atom. The second-order valence-corrected chi connectivity index (χ2v) is 6.74. The fourth-order valence-electron chi connectivity index (χ4n) is 2.78. The maximum Gasteiger partial charge on any atom is 0.227 e. The molecular formula is C17H25NO2. The molecule has 1 aromatic rings. The standard InChI is InChI=1S/C17H25NO2/c1-5-20-14-9-8-12-6-7-13(11-17(2,3)4)16(19)18-15(12)10-14/h8-10,13H,5-7,11H2,1-4H3,(H,18,19). The Bertz CT molecular complexity index is 488. The van der Waals surface area contributed by atoms with Crippen molar-refractivity contribution in [2.75, 3.05) is 11.9 Å². The molecule has 0 fully saturated rings. The number of nitrogens with one attached hydrogen (secondary N) is 1. The molecule has 1 amide bonds. The van der Waals surface area contributed by atoms with Gasteiger partial charge < -0.3 is 10.1 Å². The molecule has 1 aliphatic rings. The highest BCUT2D eigenvalue weighted by molar-refractivity contribution is 5.94. The van der Waals surface area contributed by atoms with E-state index in [0.29, 0.717) is 6.61 Å². The van der Waals surface area contributed by atoms with Crippen molar-refractivity contribution in [2.45, 2.75) is 47.0 Å². The molecule has 0 aromatic heterocycles. The van der Waals surface area contributed by atoms with Crippen LogP contribution in [0.25, 0.3) is 0 Å². The summed E-state index contributed by atoms with van der Waals surface area (Å²) < 4.78 is 5.50. The molecule has 2 rings (SSSR count). The van der Waals surface area contributed by atoms with Crippen molar-refractivity contribution in [1.82, 2.24) is 0 Å². The van der Waals surface area contributed by atoms with E-state index < -0.39 is 0 Å². The Kier molecular flexibility index (Phi) is 4.36. The molecule has 0 aliphatic carbocycles. The van der Waals surface area contributed by atoms with Crippen molar-refractivity contribution in [1.29, 1.82) is 0 Å². The molecule has 0 spiro atoms. The van der Waals surface area contributed by atoms with E-state index in [1.54, 1.807) is 0 Å². The lowest BCUT2D eigenvalue weighted by Crippen LogP contribution is -2.25. The average Bonchev–Trinajstić information content (AvgIpc) is 2.48. The normalized spacial score (nSPS) is 19.0. The maximum absolute atomic E-state index is 12.4. The number of amides is 1. The average molecular weight is 275 g/mol. The van der Waals surface area contributed by atoms with Crippen LogP contribution >= 0.6 is 0 Å². The fourth-order valence-corrected chi connectivity index (χ4v) is 2.78. The Morgan fingerprint density at radius 3 is 2.75 bits per heavy atom. The molecule has 110 valence electrons. The van der Waals surface area contributed by atoms with E-state index >= 15 is 0 Å². The highest BCUT2D eigenvalue weighted by Gasteiger charge is 2.27. The Hall–Kier alpha value is -1.51. The van der Waals surface area contributed by atoms with E-state index in [0.717, 1.165) is 30.7 Å². The van der Waals surface area contributed by atoms with Crippen molar-refractivity contribution < 1.29 is 9.53 Å². The van der Waals surface area contributed by atoms with E-state index in [4.69, 9.17) is 4.74 Å². The van der Waals surface area contributed by atoms with Gasteiger partial charge in [0.25, 0.3) is 0 Å². The summed E-state index contributed by atoms with van der Waals surface area (Å²) >= 11 is 0. The molecule has 1 aromatic carbocycles. The van der Waals surface area contributed by atoms with Crippen LogP contribution in [0.5, 0.6) is 5.75 Å². The van der Waals surface area contributed by atoms with Crippen molar-refractivity contribution in [2.24, 2.45) is 11.3 Å². The smallest absolute Gasteiger partial charge is 0.227 e.